The number of amides is 1. The summed E-state index contributed by atoms with van der Waals surface area (Å²) in [4.78, 5) is 24.5. The van der Waals surface area contributed by atoms with Gasteiger partial charge in [-0.25, -0.2) is 15.0 Å². The van der Waals surface area contributed by atoms with E-state index in [0.717, 1.165) is 11.3 Å². The van der Waals surface area contributed by atoms with Crippen LogP contribution in [-0.2, 0) is 0 Å². The maximum absolute atomic E-state index is 12.2. The summed E-state index contributed by atoms with van der Waals surface area (Å²) in [6, 6.07) is 9.34. The number of aromatic nitrogens is 3. The molecule has 2 heterocycles. The SMILES string of the molecule is Cc1cccc(NC(=O)c2csc(Nc3ncccn3)n2)c1. The third-order valence-electron chi connectivity index (χ3n) is 2.80. The van der Waals surface area contributed by atoms with Gasteiger partial charge >= 0.3 is 0 Å². The van der Waals surface area contributed by atoms with Crippen molar-refractivity contribution >= 4 is 34.0 Å². The Balaban J connectivity index is 1.69. The van der Waals surface area contributed by atoms with Crippen LogP contribution in [0.2, 0.25) is 0 Å². The first-order chi connectivity index (χ1) is 10.7. The van der Waals surface area contributed by atoms with Crippen LogP contribution >= 0.6 is 11.3 Å². The van der Waals surface area contributed by atoms with Crippen LogP contribution in [0.4, 0.5) is 16.8 Å². The number of aryl methyl sites for hydroxylation is 1. The largest absolute Gasteiger partial charge is 0.321 e. The fourth-order valence-corrected chi connectivity index (χ4v) is 2.50. The molecule has 0 aliphatic heterocycles. The molecule has 0 bridgehead atoms. The second-order valence-electron chi connectivity index (χ2n) is 4.56. The van der Waals surface area contributed by atoms with Crippen molar-refractivity contribution in [2.75, 3.05) is 10.6 Å². The predicted molar refractivity (Wildman–Crippen MR) is 86.6 cm³/mol. The van der Waals surface area contributed by atoms with Crippen molar-refractivity contribution in [2.45, 2.75) is 6.92 Å². The second kappa shape index (κ2) is 6.31. The van der Waals surface area contributed by atoms with Crippen molar-refractivity contribution < 1.29 is 4.79 Å². The lowest BCUT2D eigenvalue weighted by Gasteiger charge is -2.03. The Morgan fingerprint density at radius 1 is 1.18 bits per heavy atom. The van der Waals surface area contributed by atoms with Crippen LogP contribution in [0.25, 0.3) is 0 Å². The van der Waals surface area contributed by atoms with Gasteiger partial charge in [-0.05, 0) is 30.7 Å². The molecule has 110 valence electrons. The summed E-state index contributed by atoms with van der Waals surface area (Å²) in [5.74, 6) is 0.200. The maximum atomic E-state index is 12.2. The zero-order valence-corrected chi connectivity index (χ0v) is 12.6. The number of carbonyl (C=O) groups is 1. The van der Waals surface area contributed by atoms with E-state index in [0.29, 0.717) is 16.8 Å². The van der Waals surface area contributed by atoms with E-state index in [1.165, 1.54) is 11.3 Å². The van der Waals surface area contributed by atoms with Crippen LogP contribution in [0.3, 0.4) is 0 Å². The number of hydrogen-bond donors (Lipinski definition) is 2. The highest BCUT2D eigenvalue weighted by molar-refractivity contribution is 7.14. The van der Waals surface area contributed by atoms with E-state index in [1.54, 1.807) is 23.8 Å². The lowest BCUT2D eigenvalue weighted by molar-refractivity contribution is 0.102. The van der Waals surface area contributed by atoms with Crippen molar-refractivity contribution in [2.24, 2.45) is 0 Å². The molecule has 0 fully saturated rings. The smallest absolute Gasteiger partial charge is 0.275 e. The van der Waals surface area contributed by atoms with E-state index in [-0.39, 0.29) is 5.91 Å². The van der Waals surface area contributed by atoms with Gasteiger partial charge in [0.15, 0.2) is 5.13 Å². The molecule has 1 amide bonds. The summed E-state index contributed by atoms with van der Waals surface area (Å²) in [7, 11) is 0. The minimum Gasteiger partial charge on any atom is -0.321 e. The van der Waals surface area contributed by atoms with Gasteiger partial charge in [0.05, 0.1) is 0 Å². The zero-order valence-electron chi connectivity index (χ0n) is 11.8. The number of thiazole rings is 1. The highest BCUT2D eigenvalue weighted by atomic mass is 32.1. The summed E-state index contributed by atoms with van der Waals surface area (Å²) < 4.78 is 0. The van der Waals surface area contributed by atoms with E-state index >= 15 is 0 Å². The van der Waals surface area contributed by atoms with Gasteiger partial charge in [-0.3, -0.25) is 4.79 Å². The first-order valence-electron chi connectivity index (χ1n) is 6.58. The van der Waals surface area contributed by atoms with E-state index in [2.05, 4.69) is 25.6 Å². The molecule has 2 aromatic heterocycles. The Bertz CT molecular complexity index is 787. The zero-order chi connectivity index (χ0) is 15.4. The molecule has 0 unspecified atom stereocenters. The van der Waals surface area contributed by atoms with Crippen LogP contribution in [0, 0.1) is 6.92 Å². The fraction of sp³-hybridized carbons (Fsp3) is 0.0667. The lowest BCUT2D eigenvalue weighted by Crippen LogP contribution is -2.12. The molecule has 6 nitrogen and oxygen atoms in total. The third-order valence-corrected chi connectivity index (χ3v) is 3.55. The molecule has 0 spiro atoms. The average Bonchev–Trinajstić information content (AvgIpc) is 2.97. The molecule has 0 aliphatic carbocycles. The number of benzene rings is 1. The molecule has 22 heavy (non-hydrogen) atoms. The van der Waals surface area contributed by atoms with E-state index < -0.39 is 0 Å². The molecule has 0 saturated carbocycles. The van der Waals surface area contributed by atoms with Crippen molar-refractivity contribution in [1.82, 2.24) is 15.0 Å². The average molecular weight is 311 g/mol. The Morgan fingerprint density at radius 3 is 2.77 bits per heavy atom. The molecule has 0 radical (unpaired) electrons. The van der Waals surface area contributed by atoms with Gasteiger partial charge in [0.1, 0.15) is 5.69 Å². The predicted octanol–water partition coefficient (Wildman–Crippen LogP) is 3.24. The Morgan fingerprint density at radius 2 is 2.00 bits per heavy atom. The number of nitrogens with zero attached hydrogens (tertiary/aromatic N) is 3. The monoisotopic (exact) mass is 311 g/mol. The van der Waals surface area contributed by atoms with Gasteiger partial charge < -0.3 is 10.6 Å². The number of hydrogen-bond acceptors (Lipinski definition) is 6. The van der Waals surface area contributed by atoms with Crippen LogP contribution in [0.15, 0.2) is 48.1 Å². The fourth-order valence-electron chi connectivity index (χ4n) is 1.81. The first-order valence-corrected chi connectivity index (χ1v) is 7.46. The highest BCUT2D eigenvalue weighted by Crippen LogP contribution is 2.19. The molecular weight excluding hydrogens is 298 g/mol. The minimum absolute atomic E-state index is 0.246. The number of anilines is 3. The van der Waals surface area contributed by atoms with Gasteiger partial charge in [0.25, 0.3) is 5.91 Å². The Hall–Kier alpha value is -2.80. The van der Waals surface area contributed by atoms with Crippen LogP contribution in [-0.4, -0.2) is 20.9 Å². The van der Waals surface area contributed by atoms with Crippen molar-refractivity contribution in [3.8, 4) is 0 Å². The topological polar surface area (TPSA) is 79.8 Å². The van der Waals surface area contributed by atoms with Crippen molar-refractivity contribution in [3.63, 3.8) is 0 Å². The Kier molecular flexibility index (Phi) is 4.06. The normalized spacial score (nSPS) is 10.2. The van der Waals surface area contributed by atoms with E-state index in [1.807, 2.05) is 31.2 Å². The summed E-state index contributed by atoms with van der Waals surface area (Å²) in [5, 5.41) is 8.04. The van der Waals surface area contributed by atoms with Gasteiger partial charge in [-0.1, -0.05) is 12.1 Å². The van der Waals surface area contributed by atoms with Crippen LogP contribution < -0.4 is 10.6 Å². The molecular formula is C15H13N5OS. The summed E-state index contributed by atoms with van der Waals surface area (Å²) in [5.41, 5.74) is 2.18. The van der Waals surface area contributed by atoms with Crippen LogP contribution in [0.5, 0.6) is 0 Å². The second-order valence-corrected chi connectivity index (χ2v) is 5.42. The van der Waals surface area contributed by atoms with E-state index in [4.69, 9.17) is 0 Å². The minimum atomic E-state index is -0.246. The van der Waals surface area contributed by atoms with Gasteiger partial charge in [-0.15, -0.1) is 11.3 Å². The van der Waals surface area contributed by atoms with Gasteiger partial charge in [0, 0.05) is 23.5 Å². The molecule has 3 rings (SSSR count). The standard InChI is InChI=1S/C15H13N5OS/c1-10-4-2-5-11(8-10)18-13(21)12-9-22-15(19-12)20-14-16-6-3-7-17-14/h2-9H,1H3,(H,18,21)(H,16,17,19,20). The molecule has 0 aliphatic rings. The van der Waals surface area contributed by atoms with Crippen LogP contribution in [0.1, 0.15) is 16.1 Å². The lowest BCUT2D eigenvalue weighted by atomic mass is 10.2. The summed E-state index contributed by atoms with van der Waals surface area (Å²) >= 11 is 1.32. The highest BCUT2D eigenvalue weighted by Gasteiger charge is 2.11. The Labute approximate surface area is 131 Å². The van der Waals surface area contributed by atoms with E-state index in [9.17, 15) is 4.79 Å². The molecule has 0 atom stereocenters. The maximum Gasteiger partial charge on any atom is 0.275 e. The molecule has 7 heteroatoms. The number of carbonyl (C=O) groups excluding carboxylic acids is 1. The summed E-state index contributed by atoms with van der Waals surface area (Å²) in [6.07, 6.45) is 3.27. The molecule has 1 aromatic carbocycles. The van der Waals surface area contributed by atoms with Gasteiger partial charge in [-0.2, -0.15) is 0 Å². The van der Waals surface area contributed by atoms with Crippen molar-refractivity contribution in [1.29, 1.82) is 0 Å². The molecule has 3 aromatic rings. The molecule has 0 saturated heterocycles. The quantitative estimate of drug-likeness (QED) is 0.773. The molecule has 2 N–H and O–H groups in total. The van der Waals surface area contributed by atoms with Gasteiger partial charge in [0.2, 0.25) is 5.95 Å². The number of nitrogens with one attached hydrogen (secondary N) is 2. The first kappa shape index (κ1) is 14.2. The van der Waals surface area contributed by atoms with Crippen molar-refractivity contribution in [3.05, 3.63) is 59.4 Å². The third kappa shape index (κ3) is 3.44. The number of rotatable bonds is 4. The summed E-state index contributed by atoms with van der Waals surface area (Å²) in [6.45, 7) is 1.97.